The highest BCUT2D eigenvalue weighted by atomic mass is 16.5. The zero-order valence-corrected chi connectivity index (χ0v) is 19.6. The summed E-state index contributed by atoms with van der Waals surface area (Å²) in [6.07, 6.45) is 3.16. The number of carbonyl (C=O) groups is 3. The molecule has 8 heteroatoms. The molecule has 2 amide bonds. The van der Waals surface area contributed by atoms with E-state index in [-0.39, 0.29) is 0 Å². The first-order valence-corrected chi connectivity index (χ1v) is 11.3. The lowest BCUT2D eigenvalue weighted by Crippen LogP contribution is -2.32. The van der Waals surface area contributed by atoms with Crippen LogP contribution in [0.4, 0.5) is 5.69 Å². The monoisotopic (exact) mass is 473 g/mol. The van der Waals surface area contributed by atoms with Crippen molar-refractivity contribution in [2.75, 3.05) is 11.9 Å². The number of rotatable bonds is 9. The molecule has 0 unspecified atom stereocenters. The Bertz CT molecular complexity index is 1170. The van der Waals surface area contributed by atoms with E-state index in [1.165, 1.54) is 6.21 Å². The van der Waals surface area contributed by atoms with E-state index in [4.69, 9.17) is 9.47 Å². The minimum atomic E-state index is -0.891. The Morgan fingerprint density at radius 1 is 0.829 bits per heavy atom. The number of anilines is 1. The molecule has 0 saturated heterocycles. The zero-order chi connectivity index (χ0) is 25.0. The van der Waals surface area contributed by atoms with Crippen molar-refractivity contribution in [3.05, 3.63) is 89.5 Å². The van der Waals surface area contributed by atoms with Gasteiger partial charge in [-0.2, -0.15) is 5.10 Å². The Hall–Kier alpha value is -4.46. The fourth-order valence-electron chi connectivity index (χ4n) is 2.92. The standard InChI is InChI=1S/C27H27N3O5/c1-3-17-34-23-15-9-21(10-16-23)27(33)35-24-13-7-20(8-14-24)18-28-30-26(32)25(31)29-22-11-5-19(4-2)6-12-22/h5-16,18H,3-4,17H2,1-2H3,(H,29,31)(H,30,32)/b28-18+. The molecule has 0 saturated carbocycles. The highest BCUT2D eigenvalue weighted by Gasteiger charge is 2.13. The van der Waals surface area contributed by atoms with Gasteiger partial charge in [-0.25, -0.2) is 10.2 Å². The fourth-order valence-corrected chi connectivity index (χ4v) is 2.92. The number of benzene rings is 3. The van der Waals surface area contributed by atoms with Gasteiger partial charge in [0.25, 0.3) is 0 Å². The van der Waals surface area contributed by atoms with E-state index in [0.29, 0.717) is 34.9 Å². The van der Waals surface area contributed by atoms with Crippen molar-refractivity contribution >= 4 is 29.7 Å². The van der Waals surface area contributed by atoms with Crippen LogP contribution in [0.2, 0.25) is 0 Å². The summed E-state index contributed by atoms with van der Waals surface area (Å²) in [4.78, 5) is 36.3. The van der Waals surface area contributed by atoms with Gasteiger partial charge in [-0.05, 0) is 84.6 Å². The van der Waals surface area contributed by atoms with Crippen LogP contribution in [-0.4, -0.2) is 30.6 Å². The van der Waals surface area contributed by atoms with E-state index in [1.807, 2.05) is 26.0 Å². The number of hydrogen-bond donors (Lipinski definition) is 2. The predicted octanol–water partition coefficient (Wildman–Crippen LogP) is 4.35. The lowest BCUT2D eigenvalue weighted by molar-refractivity contribution is -0.136. The van der Waals surface area contributed by atoms with Crippen molar-refractivity contribution in [3.63, 3.8) is 0 Å². The van der Waals surface area contributed by atoms with E-state index >= 15 is 0 Å². The third-order valence-corrected chi connectivity index (χ3v) is 4.86. The van der Waals surface area contributed by atoms with Crippen LogP contribution in [0.3, 0.4) is 0 Å². The predicted molar refractivity (Wildman–Crippen MR) is 134 cm³/mol. The number of hydrogen-bond acceptors (Lipinski definition) is 6. The maximum absolute atomic E-state index is 12.3. The molecule has 0 atom stereocenters. The molecule has 3 aromatic carbocycles. The second kappa shape index (κ2) is 12.7. The molecule has 0 heterocycles. The highest BCUT2D eigenvalue weighted by Crippen LogP contribution is 2.16. The number of aryl methyl sites for hydroxylation is 1. The molecule has 180 valence electrons. The van der Waals surface area contributed by atoms with Crippen LogP contribution in [0.25, 0.3) is 0 Å². The molecule has 0 spiro atoms. The Balaban J connectivity index is 1.47. The van der Waals surface area contributed by atoms with Crippen LogP contribution in [0, 0.1) is 0 Å². The Morgan fingerprint density at radius 3 is 2.11 bits per heavy atom. The first-order chi connectivity index (χ1) is 17.0. The molecule has 0 aromatic heterocycles. The van der Waals surface area contributed by atoms with E-state index < -0.39 is 17.8 Å². The van der Waals surface area contributed by atoms with Gasteiger partial charge in [0.15, 0.2) is 0 Å². The van der Waals surface area contributed by atoms with Gasteiger partial charge >= 0.3 is 17.8 Å². The van der Waals surface area contributed by atoms with Crippen LogP contribution in [0.5, 0.6) is 11.5 Å². The SMILES string of the molecule is CCCOc1ccc(C(=O)Oc2ccc(/C=N/NC(=O)C(=O)Nc3ccc(CC)cc3)cc2)cc1. The van der Waals surface area contributed by atoms with E-state index in [2.05, 4.69) is 15.8 Å². The molecule has 0 bridgehead atoms. The second-order valence-electron chi connectivity index (χ2n) is 7.54. The number of hydrazone groups is 1. The van der Waals surface area contributed by atoms with Crippen molar-refractivity contribution in [3.8, 4) is 11.5 Å². The number of amides is 2. The summed E-state index contributed by atoms with van der Waals surface area (Å²) >= 11 is 0. The molecule has 35 heavy (non-hydrogen) atoms. The van der Waals surface area contributed by atoms with Crippen molar-refractivity contribution in [2.24, 2.45) is 5.10 Å². The van der Waals surface area contributed by atoms with Gasteiger partial charge in [0.05, 0.1) is 18.4 Å². The Kier molecular flexibility index (Phi) is 9.13. The molecule has 0 fully saturated rings. The van der Waals surface area contributed by atoms with Crippen molar-refractivity contribution < 1.29 is 23.9 Å². The van der Waals surface area contributed by atoms with Crippen molar-refractivity contribution in [1.82, 2.24) is 5.43 Å². The van der Waals surface area contributed by atoms with Gasteiger partial charge < -0.3 is 14.8 Å². The van der Waals surface area contributed by atoms with Gasteiger partial charge in [0, 0.05) is 5.69 Å². The number of carbonyl (C=O) groups excluding carboxylic acids is 3. The van der Waals surface area contributed by atoms with Gasteiger partial charge in [-0.1, -0.05) is 26.0 Å². The quantitative estimate of drug-likeness (QED) is 0.158. The molecule has 0 aliphatic heterocycles. The largest absolute Gasteiger partial charge is 0.494 e. The summed E-state index contributed by atoms with van der Waals surface area (Å²) in [5, 5.41) is 6.31. The first kappa shape index (κ1) is 25.2. The zero-order valence-electron chi connectivity index (χ0n) is 19.6. The van der Waals surface area contributed by atoms with Gasteiger partial charge in [-0.15, -0.1) is 0 Å². The average molecular weight is 474 g/mol. The van der Waals surface area contributed by atoms with E-state index in [9.17, 15) is 14.4 Å². The Labute approximate surface area is 204 Å². The second-order valence-corrected chi connectivity index (χ2v) is 7.54. The van der Waals surface area contributed by atoms with Crippen molar-refractivity contribution in [2.45, 2.75) is 26.7 Å². The van der Waals surface area contributed by atoms with Crippen LogP contribution in [0.15, 0.2) is 77.9 Å². The average Bonchev–Trinajstić information content (AvgIpc) is 2.89. The third kappa shape index (κ3) is 7.82. The maximum atomic E-state index is 12.3. The topological polar surface area (TPSA) is 106 Å². The molecule has 3 rings (SSSR count). The summed E-state index contributed by atoms with van der Waals surface area (Å²) in [6.45, 7) is 4.67. The van der Waals surface area contributed by atoms with E-state index in [0.717, 1.165) is 18.4 Å². The summed E-state index contributed by atoms with van der Waals surface area (Å²) in [5.74, 6) is -1.15. The van der Waals surface area contributed by atoms with Crippen molar-refractivity contribution in [1.29, 1.82) is 0 Å². The fraction of sp³-hybridized carbons (Fsp3) is 0.185. The third-order valence-electron chi connectivity index (χ3n) is 4.86. The number of ether oxygens (including phenoxy) is 2. The molecular formula is C27H27N3O5. The molecular weight excluding hydrogens is 446 g/mol. The molecule has 0 aliphatic carbocycles. The minimum Gasteiger partial charge on any atom is -0.494 e. The van der Waals surface area contributed by atoms with Gasteiger partial charge in [0.2, 0.25) is 0 Å². The van der Waals surface area contributed by atoms with E-state index in [1.54, 1.807) is 60.7 Å². The number of nitrogens with zero attached hydrogens (tertiary/aromatic N) is 1. The molecule has 0 aliphatic rings. The molecule has 8 nitrogen and oxygen atoms in total. The van der Waals surface area contributed by atoms with Crippen LogP contribution in [0.1, 0.15) is 41.8 Å². The number of nitrogens with one attached hydrogen (secondary N) is 2. The molecule has 2 N–H and O–H groups in total. The summed E-state index contributed by atoms with van der Waals surface area (Å²) in [5.41, 5.74) is 4.88. The molecule has 0 radical (unpaired) electrons. The van der Waals surface area contributed by atoms with Crippen LogP contribution >= 0.6 is 0 Å². The van der Waals surface area contributed by atoms with Gasteiger partial charge in [-0.3, -0.25) is 9.59 Å². The minimum absolute atomic E-state index is 0.357. The lowest BCUT2D eigenvalue weighted by atomic mass is 10.1. The first-order valence-electron chi connectivity index (χ1n) is 11.3. The van der Waals surface area contributed by atoms with Gasteiger partial charge in [0.1, 0.15) is 11.5 Å². The maximum Gasteiger partial charge on any atom is 0.343 e. The normalized spacial score (nSPS) is 10.6. The van der Waals surface area contributed by atoms with Crippen LogP contribution in [-0.2, 0) is 16.0 Å². The summed E-state index contributed by atoms with van der Waals surface area (Å²) < 4.78 is 10.9. The summed E-state index contributed by atoms with van der Waals surface area (Å²) in [6, 6.07) is 20.5. The Morgan fingerprint density at radius 2 is 1.49 bits per heavy atom. The molecule has 3 aromatic rings. The summed E-state index contributed by atoms with van der Waals surface area (Å²) in [7, 11) is 0. The highest BCUT2D eigenvalue weighted by molar-refractivity contribution is 6.39. The smallest absolute Gasteiger partial charge is 0.343 e. The number of esters is 1. The van der Waals surface area contributed by atoms with Crippen LogP contribution < -0.4 is 20.2 Å². The lowest BCUT2D eigenvalue weighted by Gasteiger charge is -2.07.